The van der Waals surface area contributed by atoms with Crippen LogP contribution in [0.4, 0.5) is 0 Å². The van der Waals surface area contributed by atoms with E-state index in [0.717, 1.165) is 9.48 Å². The molecular weight excluding hydrogens is 302 g/mol. The maximum atomic E-state index is 5.18. The van der Waals surface area contributed by atoms with Crippen LogP contribution in [0.15, 0.2) is 44.2 Å². The molecule has 3 aromatic rings. The molecule has 0 bridgehead atoms. The fraction of sp³-hybridized carbons (Fsp3) is 0. The van der Waals surface area contributed by atoms with Crippen LogP contribution in [0.1, 0.15) is 0 Å². The van der Waals surface area contributed by atoms with Gasteiger partial charge < -0.3 is 4.52 Å². The summed E-state index contributed by atoms with van der Waals surface area (Å²) >= 11 is 4.78. The van der Waals surface area contributed by atoms with Crippen LogP contribution in [0.5, 0.6) is 0 Å². The molecule has 0 spiro atoms. The Morgan fingerprint density at radius 2 is 1.94 bits per heavy atom. The molecule has 84 valence electrons. The Bertz CT molecular complexity index is 635. The summed E-state index contributed by atoms with van der Waals surface area (Å²) < 4.78 is 5.98. The summed E-state index contributed by atoms with van der Waals surface area (Å²) in [6, 6.07) is 9.69. The van der Waals surface area contributed by atoms with E-state index in [9.17, 15) is 0 Å². The maximum absolute atomic E-state index is 5.18. The standard InChI is InChI=1S/C11H6BrN3OS/c12-11-13-8(6-17-11)10-14-9(15-16-10)7-4-2-1-3-5-7/h1-6H. The summed E-state index contributed by atoms with van der Waals surface area (Å²) in [6.07, 6.45) is 0. The second-order valence-electron chi connectivity index (χ2n) is 3.27. The van der Waals surface area contributed by atoms with Crippen molar-refractivity contribution in [1.82, 2.24) is 15.1 Å². The Kier molecular flexibility index (Phi) is 2.74. The van der Waals surface area contributed by atoms with Crippen LogP contribution in [0.25, 0.3) is 23.0 Å². The third-order valence-electron chi connectivity index (χ3n) is 2.15. The highest BCUT2D eigenvalue weighted by Gasteiger charge is 2.12. The van der Waals surface area contributed by atoms with Gasteiger partial charge in [-0.2, -0.15) is 4.98 Å². The van der Waals surface area contributed by atoms with Crippen molar-refractivity contribution in [2.45, 2.75) is 0 Å². The summed E-state index contributed by atoms with van der Waals surface area (Å²) in [5.41, 5.74) is 1.62. The Balaban J connectivity index is 1.99. The van der Waals surface area contributed by atoms with Gasteiger partial charge in [-0.15, -0.1) is 11.3 Å². The molecule has 0 atom stereocenters. The van der Waals surface area contributed by atoms with Gasteiger partial charge in [0.05, 0.1) is 0 Å². The van der Waals surface area contributed by atoms with Gasteiger partial charge in [-0.3, -0.25) is 0 Å². The molecule has 1 aromatic carbocycles. The number of benzene rings is 1. The smallest absolute Gasteiger partial charge is 0.277 e. The Labute approximate surface area is 109 Å². The van der Waals surface area contributed by atoms with Crippen molar-refractivity contribution in [3.05, 3.63) is 39.6 Å². The molecule has 2 aromatic heterocycles. The van der Waals surface area contributed by atoms with Crippen molar-refractivity contribution < 1.29 is 4.52 Å². The van der Waals surface area contributed by atoms with Crippen LogP contribution in [-0.2, 0) is 0 Å². The molecule has 0 aliphatic rings. The lowest BCUT2D eigenvalue weighted by Gasteiger charge is -1.90. The van der Waals surface area contributed by atoms with E-state index in [0.29, 0.717) is 17.4 Å². The summed E-state index contributed by atoms with van der Waals surface area (Å²) in [5.74, 6) is 1.01. The zero-order valence-corrected chi connectivity index (χ0v) is 10.9. The summed E-state index contributed by atoms with van der Waals surface area (Å²) in [6.45, 7) is 0. The van der Waals surface area contributed by atoms with Crippen molar-refractivity contribution >= 4 is 27.3 Å². The maximum Gasteiger partial charge on any atom is 0.277 e. The van der Waals surface area contributed by atoms with E-state index in [-0.39, 0.29) is 0 Å². The van der Waals surface area contributed by atoms with E-state index in [4.69, 9.17) is 4.52 Å². The number of halogens is 1. The first-order valence-corrected chi connectivity index (χ1v) is 6.51. The van der Waals surface area contributed by atoms with E-state index >= 15 is 0 Å². The molecule has 0 unspecified atom stereocenters. The van der Waals surface area contributed by atoms with Crippen molar-refractivity contribution in [3.8, 4) is 23.0 Å². The van der Waals surface area contributed by atoms with Gasteiger partial charge in [0.1, 0.15) is 5.69 Å². The predicted molar refractivity (Wildman–Crippen MR) is 68.5 cm³/mol. The van der Waals surface area contributed by atoms with Gasteiger partial charge >= 0.3 is 0 Å². The molecule has 3 rings (SSSR count). The first-order valence-electron chi connectivity index (χ1n) is 4.83. The minimum absolute atomic E-state index is 0.436. The number of thiazole rings is 1. The second kappa shape index (κ2) is 4.38. The molecule has 6 heteroatoms. The number of hydrogen-bond acceptors (Lipinski definition) is 5. The first kappa shape index (κ1) is 10.6. The third-order valence-corrected chi connectivity index (χ3v) is 3.52. The predicted octanol–water partition coefficient (Wildman–Crippen LogP) is 3.62. The van der Waals surface area contributed by atoms with Crippen LogP contribution < -0.4 is 0 Å². The third kappa shape index (κ3) is 2.13. The molecule has 0 radical (unpaired) electrons. The van der Waals surface area contributed by atoms with Crippen molar-refractivity contribution in [2.75, 3.05) is 0 Å². The quantitative estimate of drug-likeness (QED) is 0.725. The van der Waals surface area contributed by atoms with Gasteiger partial charge in [-0.25, -0.2) is 4.98 Å². The van der Waals surface area contributed by atoms with Gasteiger partial charge in [0, 0.05) is 10.9 Å². The monoisotopic (exact) mass is 307 g/mol. The molecule has 0 aliphatic heterocycles. The SMILES string of the molecule is Brc1nc(-c2nc(-c3ccccc3)no2)cs1. The van der Waals surface area contributed by atoms with E-state index in [2.05, 4.69) is 31.1 Å². The fourth-order valence-corrected chi connectivity index (χ4v) is 2.37. The molecule has 0 fully saturated rings. The summed E-state index contributed by atoms with van der Waals surface area (Å²) in [7, 11) is 0. The lowest BCUT2D eigenvalue weighted by molar-refractivity contribution is 0.431. The molecule has 0 saturated carbocycles. The Morgan fingerprint density at radius 3 is 2.65 bits per heavy atom. The highest BCUT2D eigenvalue weighted by atomic mass is 79.9. The van der Waals surface area contributed by atoms with Gasteiger partial charge in [-0.05, 0) is 15.9 Å². The molecule has 17 heavy (non-hydrogen) atoms. The average Bonchev–Trinajstić information content (AvgIpc) is 2.98. The highest BCUT2D eigenvalue weighted by molar-refractivity contribution is 9.11. The number of nitrogens with zero attached hydrogens (tertiary/aromatic N) is 3. The zero-order valence-electron chi connectivity index (χ0n) is 8.50. The average molecular weight is 308 g/mol. The largest absolute Gasteiger partial charge is 0.332 e. The van der Waals surface area contributed by atoms with Crippen LogP contribution in [0, 0.1) is 0 Å². The summed E-state index contributed by atoms with van der Waals surface area (Å²) in [4.78, 5) is 8.54. The Hall–Kier alpha value is -1.53. The van der Waals surface area contributed by atoms with E-state index < -0.39 is 0 Å². The molecule has 0 saturated heterocycles. The van der Waals surface area contributed by atoms with E-state index in [1.165, 1.54) is 11.3 Å². The van der Waals surface area contributed by atoms with E-state index in [1.54, 1.807) is 0 Å². The van der Waals surface area contributed by atoms with Crippen LogP contribution >= 0.6 is 27.3 Å². The number of rotatable bonds is 2. The fourth-order valence-electron chi connectivity index (χ4n) is 1.38. The van der Waals surface area contributed by atoms with Gasteiger partial charge in [0.2, 0.25) is 5.82 Å². The second-order valence-corrected chi connectivity index (χ2v) is 5.41. The van der Waals surface area contributed by atoms with E-state index in [1.807, 2.05) is 35.7 Å². The van der Waals surface area contributed by atoms with Crippen molar-refractivity contribution in [3.63, 3.8) is 0 Å². The number of hydrogen-bond donors (Lipinski definition) is 0. The van der Waals surface area contributed by atoms with Gasteiger partial charge in [0.25, 0.3) is 5.89 Å². The normalized spacial score (nSPS) is 10.6. The Morgan fingerprint density at radius 1 is 1.12 bits per heavy atom. The first-order chi connectivity index (χ1) is 8.33. The zero-order chi connectivity index (χ0) is 11.7. The minimum Gasteiger partial charge on any atom is -0.332 e. The molecule has 0 aliphatic carbocycles. The van der Waals surface area contributed by atoms with Gasteiger partial charge in [-0.1, -0.05) is 35.5 Å². The molecule has 0 amide bonds. The minimum atomic E-state index is 0.436. The van der Waals surface area contributed by atoms with Crippen LogP contribution in [0.2, 0.25) is 0 Å². The van der Waals surface area contributed by atoms with Crippen LogP contribution in [-0.4, -0.2) is 15.1 Å². The highest BCUT2D eigenvalue weighted by Crippen LogP contribution is 2.25. The molecule has 2 heterocycles. The lowest BCUT2D eigenvalue weighted by Crippen LogP contribution is -1.80. The number of aromatic nitrogens is 3. The van der Waals surface area contributed by atoms with Crippen molar-refractivity contribution in [2.24, 2.45) is 0 Å². The molecule has 4 nitrogen and oxygen atoms in total. The van der Waals surface area contributed by atoms with Crippen LogP contribution in [0.3, 0.4) is 0 Å². The summed E-state index contributed by atoms with van der Waals surface area (Å²) in [5, 5.41) is 5.80. The van der Waals surface area contributed by atoms with Crippen molar-refractivity contribution in [1.29, 1.82) is 0 Å². The lowest BCUT2D eigenvalue weighted by atomic mass is 10.2. The molecule has 0 N–H and O–H groups in total. The molecular formula is C11H6BrN3OS. The van der Waals surface area contributed by atoms with Gasteiger partial charge in [0.15, 0.2) is 3.92 Å². The topological polar surface area (TPSA) is 51.8 Å².